The third-order valence-electron chi connectivity index (χ3n) is 4.44. The van der Waals surface area contributed by atoms with E-state index < -0.39 is 0 Å². The average Bonchev–Trinajstić information content (AvgIpc) is 2.57. The number of carbonyl (C=O) groups excluding carboxylic acids is 1. The Morgan fingerprint density at radius 1 is 0.812 bits per heavy atom. The van der Waals surface area contributed by atoms with Crippen LogP contribution in [0.5, 0.6) is 0 Å². The van der Waals surface area contributed by atoms with Gasteiger partial charge in [-0.05, 0) is 25.7 Å². The molecule has 2 unspecified atom stereocenters. The Bertz CT molecular complexity index is 231. The van der Waals surface area contributed by atoms with Gasteiger partial charge < -0.3 is 5.73 Å². The fraction of sp³-hybridized carbons (Fsp3) is 0.929. The van der Waals surface area contributed by atoms with E-state index >= 15 is 0 Å². The van der Waals surface area contributed by atoms with Gasteiger partial charge in [-0.15, -0.1) is 0 Å². The molecule has 0 aromatic heterocycles. The fourth-order valence-electron chi connectivity index (χ4n) is 3.38. The van der Waals surface area contributed by atoms with Crippen LogP contribution in [0.15, 0.2) is 0 Å². The van der Waals surface area contributed by atoms with Crippen molar-refractivity contribution in [3.63, 3.8) is 0 Å². The first kappa shape index (κ1) is 12.1. The Kier molecular flexibility index (Phi) is 4.39. The summed E-state index contributed by atoms with van der Waals surface area (Å²) in [4.78, 5) is 12.4. The lowest BCUT2D eigenvalue weighted by atomic mass is 9.77. The van der Waals surface area contributed by atoms with Crippen LogP contribution >= 0.6 is 0 Å². The molecule has 2 N–H and O–H groups in total. The molecule has 2 saturated carbocycles. The maximum atomic E-state index is 12.4. The van der Waals surface area contributed by atoms with Crippen LogP contribution in [-0.2, 0) is 4.79 Å². The Labute approximate surface area is 99.0 Å². The number of ketones is 1. The van der Waals surface area contributed by atoms with Gasteiger partial charge in [-0.2, -0.15) is 0 Å². The molecule has 0 aromatic rings. The van der Waals surface area contributed by atoms with Gasteiger partial charge in [-0.1, -0.05) is 38.5 Å². The molecule has 2 atom stereocenters. The highest BCUT2D eigenvalue weighted by Crippen LogP contribution is 2.31. The molecule has 2 nitrogen and oxygen atoms in total. The minimum Gasteiger partial charge on any atom is -0.327 e. The van der Waals surface area contributed by atoms with Crippen LogP contribution in [0.4, 0.5) is 0 Å². The van der Waals surface area contributed by atoms with Gasteiger partial charge in [-0.3, -0.25) is 4.79 Å². The molecule has 2 aliphatic carbocycles. The number of nitrogens with two attached hydrogens (primary N) is 1. The number of carbonyl (C=O) groups is 1. The van der Waals surface area contributed by atoms with Crippen LogP contribution in [0, 0.1) is 11.8 Å². The smallest absolute Gasteiger partial charge is 0.140 e. The third-order valence-corrected chi connectivity index (χ3v) is 4.44. The molecule has 0 spiro atoms. The van der Waals surface area contributed by atoms with Crippen LogP contribution in [0.2, 0.25) is 0 Å². The van der Waals surface area contributed by atoms with Gasteiger partial charge in [0.25, 0.3) is 0 Å². The second kappa shape index (κ2) is 5.81. The van der Waals surface area contributed by atoms with E-state index in [0.717, 1.165) is 25.7 Å². The van der Waals surface area contributed by atoms with E-state index in [0.29, 0.717) is 11.7 Å². The molecule has 2 rings (SSSR count). The van der Waals surface area contributed by atoms with E-state index in [1.54, 1.807) is 0 Å². The van der Waals surface area contributed by atoms with Crippen LogP contribution < -0.4 is 5.73 Å². The van der Waals surface area contributed by atoms with E-state index in [9.17, 15) is 4.79 Å². The summed E-state index contributed by atoms with van der Waals surface area (Å²) in [6.07, 6.45) is 11.9. The molecule has 0 aromatic carbocycles. The fourth-order valence-corrected chi connectivity index (χ4v) is 3.38. The molecular weight excluding hydrogens is 198 g/mol. The highest BCUT2D eigenvalue weighted by Gasteiger charge is 2.32. The van der Waals surface area contributed by atoms with Gasteiger partial charge >= 0.3 is 0 Å². The van der Waals surface area contributed by atoms with Gasteiger partial charge in [0.15, 0.2) is 0 Å². The Morgan fingerprint density at radius 2 is 1.38 bits per heavy atom. The summed E-state index contributed by atoms with van der Waals surface area (Å²) < 4.78 is 0. The zero-order chi connectivity index (χ0) is 11.4. The van der Waals surface area contributed by atoms with Gasteiger partial charge in [0.2, 0.25) is 0 Å². The zero-order valence-electron chi connectivity index (χ0n) is 10.3. The highest BCUT2D eigenvalue weighted by molar-refractivity contribution is 5.84. The molecule has 0 bridgehead atoms. The first-order valence-electron chi connectivity index (χ1n) is 7.08. The van der Waals surface area contributed by atoms with Gasteiger partial charge in [0.1, 0.15) is 5.78 Å². The summed E-state index contributed by atoms with van der Waals surface area (Å²) >= 11 is 0. The van der Waals surface area contributed by atoms with Gasteiger partial charge in [0.05, 0.1) is 0 Å². The zero-order valence-corrected chi connectivity index (χ0v) is 10.3. The maximum Gasteiger partial charge on any atom is 0.140 e. The van der Waals surface area contributed by atoms with Crippen molar-refractivity contribution in [3.8, 4) is 0 Å². The van der Waals surface area contributed by atoms with Crippen molar-refractivity contribution in [2.45, 2.75) is 70.3 Å². The van der Waals surface area contributed by atoms with Crippen LogP contribution in [0.25, 0.3) is 0 Å². The molecular formula is C14H25NO. The van der Waals surface area contributed by atoms with Crippen molar-refractivity contribution < 1.29 is 4.79 Å². The number of rotatable bonds is 2. The van der Waals surface area contributed by atoms with Crippen LogP contribution in [-0.4, -0.2) is 11.8 Å². The third kappa shape index (κ3) is 2.85. The van der Waals surface area contributed by atoms with Crippen molar-refractivity contribution in [1.29, 1.82) is 0 Å². The minimum absolute atomic E-state index is 0.157. The van der Waals surface area contributed by atoms with Crippen molar-refractivity contribution in [1.82, 2.24) is 0 Å². The van der Waals surface area contributed by atoms with Gasteiger partial charge in [-0.25, -0.2) is 0 Å². The monoisotopic (exact) mass is 223 g/mol. The molecule has 0 amide bonds. The summed E-state index contributed by atoms with van der Waals surface area (Å²) in [6, 6.07) is 0.157. The largest absolute Gasteiger partial charge is 0.327 e. The lowest BCUT2D eigenvalue weighted by Crippen LogP contribution is -2.40. The Balaban J connectivity index is 1.93. The molecule has 2 aliphatic rings. The Hall–Kier alpha value is -0.370. The number of Topliss-reactive ketones (excluding diaryl/α,β-unsaturated/α-hetero) is 1. The Morgan fingerprint density at radius 3 is 2.00 bits per heavy atom. The maximum absolute atomic E-state index is 12.4. The van der Waals surface area contributed by atoms with E-state index in [-0.39, 0.29) is 12.0 Å². The van der Waals surface area contributed by atoms with Crippen molar-refractivity contribution >= 4 is 5.78 Å². The van der Waals surface area contributed by atoms with Crippen LogP contribution in [0.3, 0.4) is 0 Å². The summed E-state index contributed by atoms with van der Waals surface area (Å²) in [5.41, 5.74) is 6.10. The lowest BCUT2D eigenvalue weighted by Gasteiger charge is -2.30. The average molecular weight is 223 g/mol. The second-order valence-corrected chi connectivity index (χ2v) is 5.65. The van der Waals surface area contributed by atoms with E-state index in [1.165, 1.54) is 38.5 Å². The molecule has 0 radical (unpaired) electrons. The second-order valence-electron chi connectivity index (χ2n) is 5.65. The summed E-state index contributed by atoms with van der Waals surface area (Å²) in [7, 11) is 0. The standard InChI is InChI=1S/C14H25NO/c15-13-10-6-5-9-12(13)14(16)11-7-3-1-2-4-8-11/h11-13H,1-10,15H2. The molecule has 2 fully saturated rings. The van der Waals surface area contributed by atoms with Crippen molar-refractivity contribution in [3.05, 3.63) is 0 Å². The quantitative estimate of drug-likeness (QED) is 0.731. The predicted octanol–water partition coefficient (Wildman–Crippen LogP) is 3.04. The van der Waals surface area contributed by atoms with E-state index in [2.05, 4.69) is 0 Å². The lowest BCUT2D eigenvalue weighted by molar-refractivity contribution is -0.128. The minimum atomic E-state index is 0.157. The topological polar surface area (TPSA) is 43.1 Å². The molecule has 92 valence electrons. The number of hydrogen-bond acceptors (Lipinski definition) is 2. The SMILES string of the molecule is NC1CCCCC1C(=O)C1CCCCCC1. The van der Waals surface area contributed by atoms with Crippen molar-refractivity contribution in [2.24, 2.45) is 17.6 Å². The first-order valence-corrected chi connectivity index (χ1v) is 7.08. The molecule has 0 saturated heterocycles. The van der Waals surface area contributed by atoms with Gasteiger partial charge in [0, 0.05) is 17.9 Å². The predicted molar refractivity (Wildman–Crippen MR) is 66.1 cm³/mol. The first-order chi connectivity index (χ1) is 7.79. The normalized spacial score (nSPS) is 33.3. The molecule has 0 heterocycles. The van der Waals surface area contributed by atoms with E-state index in [1.807, 2.05) is 0 Å². The van der Waals surface area contributed by atoms with Crippen molar-refractivity contribution in [2.75, 3.05) is 0 Å². The highest BCUT2D eigenvalue weighted by atomic mass is 16.1. The van der Waals surface area contributed by atoms with Crippen LogP contribution in [0.1, 0.15) is 64.2 Å². The molecule has 2 heteroatoms. The summed E-state index contributed by atoms with van der Waals surface area (Å²) in [5.74, 6) is 1.04. The summed E-state index contributed by atoms with van der Waals surface area (Å²) in [6.45, 7) is 0. The summed E-state index contributed by atoms with van der Waals surface area (Å²) in [5, 5.41) is 0. The van der Waals surface area contributed by atoms with E-state index in [4.69, 9.17) is 5.73 Å². The number of hydrogen-bond donors (Lipinski definition) is 1. The molecule has 16 heavy (non-hydrogen) atoms. The molecule has 0 aliphatic heterocycles.